The lowest BCUT2D eigenvalue weighted by atomic mass is 10.00. The number of ether oxygens (including phenoxy) is 1. The summed E-state index contributed by atoms with van der Waals surface area (Å²) in [6, 6.07) is 7.09. The van der Waals surface area contributed by atoms with Crippen LogP contribution in [0.3, 0.4) is 0 Å². The van der Waals surface area contributed by atoms with Crippen LogP contribution in [0.5, 0.6) is 5.75 Å². The second-order valence-corrected chi connectivity index (χ2v) is 5.77. The Kier molecular flexibility index (Phi) is 5.56. The van der Waals surface area contributed by atoms with Crippen LogP contribution in [0.1, 0.15) is 37.0 Å². The van der Waals surface area contributed by atoms with Crippen LogP contribution in [0.15, 0.2) is 24.3 Å². The average Bonchev–Trinajstić information content (AvgIpc) is 2.49. The average molecular weight is 306 g/mol. The highest BCUT2D eigenvalue weighted by atomic mass is 32.1. The summed E-state index contributed by atoms with van der Waals surface area (Å²) < 4.78 is 5.36. The first kappa shape index (κ1) is 15.8. The predicted molar refractivity (Wildman–Crippen MR) is 87.6 cm³/mol. The third-order valence-electron chi connectivity index (χ3n) is 3.72. The second kappa shape index (κ2) is 7.41. The Balaban J connectivity index is 1.89. The Labute approximate surface area is 131 Å². The monoisotopic (exact) mass is 306 g/mol. The normalized spacial score (nSPS) is 15.6. The molecule has 1 N–H and O–H groups in total. The fourth-order valence-corrected chi connectivity index (χ4v) is 2.60. The molecule has 1 aromatic carbocycles. The summed E-state index contributed by atoms with van der Waals surface area (Å²) in [4.78, 5) is 14.2. The molecule has 4 nitrogen and oxygen atoms in total. The molecule has 1 amide bonds. The zero-order valence-corrected chi connectivity index (χ0v) is 13.4. The molecule has 2 rings (SSSR count). The van der Waals surface area contributed by atoms with Gasteiger partial charge < -0.3 is 9.64 Å². The van der Waals surface area contributed by atoms with Gasteiger partial charge in [-0.25, -0.2) is 0 Å². The minimum Gasteiger partial charge on any atom is -0.494 e. The molecule has 1 saturated heterocycles. The fourth-order valence-electron chi connectivity index (χ4n) is 2.33. The number of thiocarbonyl (C=S) groups is 1. The quantitative estimate of drug-likeness (QED) is 0.872. The van der Waals surface area contributed by atoms with E-state index >= 15 is 0 Å². The summed E-state index contributed by atoms with van der Waals surface area (Å²) in [6.45, 7) is 6.63. The van der Waals surface area contributed by atoms with Crippen molar-refractivity contribution in [2.24, 2.45) is 5.92 Å². The first-order valence-electron chi connectivity index (χ1n) is 7.43. The molecule has 0 radical (unpaired) electrons. The standard InChI is InChI=1S/C16H22N2O2S/c1-3-20-14-6-4-13(5-7-14)15(19)17-16(21)18-10-8-12(2)9-11-18/h4-7,12H,3,8-11H2,1-2H3,(H,17,19,21). The van der Waals surface area contributed by atoms with Crippen molar-refractivity contribution in [2.45, 2.75) is 26.7 Å². The van der Waals surface area contributed by atoms with Gasteiger partial charge in [-0.1, -0.05) is 6.92 Å². The number of carbonyl (C=O) groups excluding carboxylic acids is 1. The van der Waals surface area contributed by atoms with Crippen molar-refractivity contribution >= 4 is 23.2 Å². The number of amides is 1. The summed E-state index contributed by atoms with van der Waals surface area (Å²) in [6.07, 6.45) is 2.25. The highest BCUT2D eigenvalue weighted by Crippen LogP contribution is 2.16. The first-order chi connectivity index (χ1) is 10.1. The van der Waals surface area contributed by atoms with E-state index in [4.69, 9.17) is 17.0 Å². The minimum absolute atomic E-state index is 0.165. The SMILES string of the molecule is CCOc1ccc(C(=O)NC(=S)N2CCC(C)CC2)cc1. The lowest BCUT2D eigenvalue weighted by Crippen LogP contribution is -2.46. The van der Waals surface area contributed by atoms with Gasteiger partial charge in [0, 0.05) is 18.7 Å². The maximum absolute atomic E-state index is 12.2. The number of rotatable bonds is 3. The summed E-state index contributed by atoms with van der Waals surface area (Å²) in [5.41, 5.74) is 0.589. The van der Waals surface area contributed by atoms with E-state index in [9.17, 15) is 4.79 Å². The van der Waals surface area contributed by atoms with Crippen molar-refractivity contribution in [1.82, 2.24) is 10.2 Å². The number of piperidine rings is 1. The van der Waals surface area contributed by atoms with Gasteiger partial charge in [0.2, 0.25) is 0 Å². The maximum Gasteiger partial charge on any atom is 0.257 e. The molecule has 0 saturated carbocycles. The Bertz CT molecular complexity index is 494. The van der Waals surface area contributed by atoms with Crippen LogP contribution < -0.4 is 10.1 Å². The number of carbonyl (C=O) groups is 1. The fraction of sp³-hybridized carbons (Fsp3) is 0.500. The summed E-state index contributed by atoms with van der Waals surface area (Å²) in [5, 5.41) is 3.34. The lowest BCUT2D eigenvalue weighted by molar-refractivity contribution is 0.0972. The van der Waals surface area contributed by atoms with Gasteiger partial charge in [0.1, 0.15) is 5.75 Å². The molecule has 1 aromatic rings. The summed E-state index contributed by atoms with van der Waals surface area (Å²) in [5.74, 6) is 1.34. The molecular formula is C16H22N2O2S. The van der Waals surface area contributed by atoms with Crippen LogP contribution in [-0.4, -0.2) is 35.6 Å². The molecule has 1 aliphatic rings. The van der Waals surface area contributed by atoms with Crippen molar-refractivity contribution in [3.8, 4) is 5.75 Å². The van der Waals surface area contributed by atoms with Gasteiger partial charge in [-0.15, -0.1) is 0 Å². The summed E-state index contributed by atoms with van der Waals surface area (Å²) >= 11 is 5.33. The van der Waals surface area contributed by atoms with E-state index in [-0.39, 0.29) is 5.91 Å². The van der Waals surface area contributed by atoms with E-state index in [1.165, 1.54) is 0 Å². The molecule has 5 heteroatoms. The van der Waals surface area contributed by atoms with Gasteiger partial charge in [-0.3, -0.25) is 10.1 Å². The number of nitrogens with one attached hydrogen (secondary N) is 1. The van der Waals surface area contributed by atoms with Crippen LogP contribution >= 0.6 is 12.2 Å². The Morgan fingerprint density at radius 1 is 1.33 bits per heavy atom. The molecule has 0 spiro atoms. The van der Waals surface area contributed by atoms with Crippen LogP contribution in [0.25, 0.3) is 0 Å². The molecule has 0 aliphatic carbocycles. The van der Waals surface area contributed by atoms with Gasteiger partial charge in [-0.2, -0.15) is 0 Å². The van der Waals surface area contributed by atoms with E-state index in [2.05, 4.69) is 17.1 Å². The van der Waals surface area contributed by atoms with E-state index in [0.29, 0.717) is 17.3 Å². The third-order valence-corrected chi connectivity index (χ3v) is 4.08. The minimum atomic E-state index is -0.165. The number of hydrogen-bond donors (Lipinski definition) is 1. The van der Waals surface area contributed by atoms with E-state index < -0.39 is 0 Å². The smallest absolute Gasteiger partial charge is 0.257 e. The van der Waals surface area contributed by atoms with Crippen LogP contribution in [0, 0.1) is 5.92 Å². The van der Waals surface area contributed by atoms with Crippen LogP contribution in [0.4, 0.5) is 0 Å². The zero-order chi connectivity index (χ0) is 15.2. The highest BCUT2D eigenvalue weighted by molar-refractivity contribution is 7.80. The van der Waals surface area contributed by atoms with Crippen molar-refractivity contribution in [2.75, 3.05) is 19.7 Å². The van der Waals surface area contributed by atoms with Crippen molar-refractivity contribution in [3.05, 3.63) is 29.8 Å². The van der Waals surface area contributed by atoms with Gasteiger partial charge in [0.05, 0.1) is 6.61 Å². The van der Waals surface area contributed by atoms with E-state index in [0.717, 1.165) is 37.6 Å². The topological polar surface area (TPSA) is 41.6 Å². The second-order valence-electron chi connectivity index (χ2n) is 5.39. The highest BCUT2D eigenvalue weighted by Gasteiger charge is 2.19. The van der Waals surface area contributed by atoms with E-state index in [1.54, 1.807) is 24.3 Å². The van der Waals surface area contributed by atoms with Gasteiger partial charge in [0.15, 0.2) is 5.11 Å². The Morgan fingerprint density at radius 2 is 1.95 bits per heavy atom. The molecule has 0 bridgehead atoms. The molecule has 1 heterocycles. The largest absolute Gasteiger partial charge is 0.494 e. The molecular weight excluding hydrogens is 284 g/mol. The molecule has 0 unspecified atom stereocenters. The van der Waals surface area contributed by atoms with Crippen molar-refractivity contribution < 1.29 is 9.53 Å². The number of benzene rings is 1. The maximum atomic E-state index is 12.2. The Hall–Kier alpha value is -1.62. The van der Waals surface area contributed by atoms with Crippen molar-refractivity contribution in [1.29, 1.82) is 0 Å². The molecule has 114 valence electrons. The molecule has 1 aliphatic heterocycles. The van der Waals surface area contributed by atoms with Gasteiger partial charge in [0.25, 0.3) is 5.91 Å². The Morgan fingerprint density at radius 3 is 2.52 bits per heavy atom. The number of nitrogens with zero attached hydrogens (tertiary/aromatic N) is 1. The third kappa shape index (κ3) is 4.43. The molecule has 21 heavy (non-hydrogen) atoms. The first-order valence-corrected chi connectivity index (χ1v) is 7.84. The zero-order valence-electron chi connectivity index (χ0n) is 12.6. The summed E-state index contributed by atoms with van der Waals surface area (Å²) in [7, 11) is 0. The molecule has 0 atom stereocenters. The molecule has 1 fully saturated rings. The van der Waals surface area contributed by atoms with Gasteiger partial charge in [-0.05, 0) is 62.2 Å². The van der Waals surface area contributed by atoms with Crippen LogP contribution in [-0.2, 0) is 0 Å². The van der Waals surface area contributed by atoms with Crippen LogP contribution in [0.2, 0.25) is 0 Å². The van der Waals surface area contributed by atoms with Crippen molar-refractivity contribution in [3.63, 3.8) is 0 Å². The van der Waals surface area contributed by atoms with Gasteiger partial charge >= 0.3 is 0 Å². The number of hydrogen-bond acceptors (Lipinski definition) is 3. The number of likely N-dealkylation sites (tertiary alicyclic amines) is 1. The van der Waals surface area contributed by atoms with E-state index in [1.807, 2.05) is 6.92 Å². The predicted octanol–water partition coefficient (Wildman–Crippen LogP) is 2.83. The molecule has 0 aromatic heterocycles. The lowest BCUT2D eigenvalue weighted by Gasteiger charge is -2.32.